The van der Waals surface area contributed by atoms with E-state index in [0.29, 0.717) is 26.3 Å². The summed E-state index contributed by atoms with van der Waals surface area (Å²) < 4.78 is 2.26. The molecule has 6 nitrogen and oxygen atoms in total. The van der Waals surface area contributed by atoms with Crippen molar-refractivity contribution in [3.05, 3.63) is 127 Å². The minimum Gasteiger partial charge on any atom is -0.372 e. The quantitative estimate of drug-likeness (QED) is 0.398. The number of thiazole rings is 1. The van der Waals surface area contributed by atoms with Crippen molar-refractivity contribution in [2.24, 2.45) is 4.99 Å². The molecule has 3 heterocycles. The maximum absolute atomic E-state index is 13.9. The van der Waals surface area contributed by atoms with Gasteiger partial charge in [-0.05, 0) is 67.7 Å². The molecule has 39 heavy (non-hydrogen) atoms. The first-order valence-corrected chi connectivity index (χ1v) is 14.2. The fourth-order valence-corrected chi connectivity index (χ4v) is 6.41. The highest BCUT2D eigenvalue weighted by molar-refractivity contribution is 7.07. The molecule has 1 N–H and O–H groups in total. The lowest BCUT2D eigenvalue weighted by Crippen LogP contribution is -2.40. The second kappa shape index (κ2) is 10.9. The van der Waals surface area contributed by atoms with Gasteiger partial charge in [0.05, 0.1) is 21.8 Å². The maximum atomic E-state index is 13.9. The molecular weight excluding hydrogens is 504 g/mol. The van der Waals surface area contributed by atoms with Crippen molar-refractivity contribution in [1.82, 2.24) is 4.57 Å². The molecule has 1 fully saturated rings. The van der Waals surface area contributed by atoms with Crippen LogP contribution in [0.15, 0.2) is 106 Å². The van der Waals surface area contributed by atoms with Gasteiger partial charge in [0.2, 0.25) is 0 Å². The van der Waals surface area contributed by atoms with Crippen LogP contribution in [-0.4, -0.2) is 23.6 Å². The molecule has 0 aliphatic carbocycles. The van der Waals surface area contributed by atoms with Crippen molar-refractivity contribution < 1.29 is 4.79 Å². The molecule has 0 saturated carbocycles. The van der Waals surface area contributed by atoms with Gasteiger partial charge >= 0.3 is 0 Å². The predicted molar refractivity (Wildman–Crippen MR) is 158 cm³/mol. The lowest BCUT2D eigenvalue weighted by Gasteiger charge is -2.28. The molecule has 1 aromatic heterocycles. The van der Waals surface area contributed by atoms with Gasteiger partial charge in [-0.15, -0.1) is 0 Å². The monoisotopic (exact) mass is 534 g/mol. The molecule has 7 heteroatoms. The van der Waals surface area contributed by atoms with Crippen LogP contribution in [0.1, 0.15) is 43.4 Å². The SMILES string of the molecule is CC1=C(C(=O)Nc2ccccc2)[C@H](c2ccccc2)n2c(s/c(=C/c3ccc(N4CCCCC4)cc3)c2=O)=N1. The van der Waals surface area contributed by atoms with E-state index < -0.39 is 6.04 Å². The summed E-state index contributed by atoms with van der Waals surface area (Å²) in [5, 5.41) is 2.99. The number of fused-ring (bicyclic) bond motifs is 1. The number of para-hydroxylation sites is 1. The highest BCUT2D eigenvalue weighted by Crippen LogP contribution is 2.30. The summed E-state index contributed by atoms with van der Waals surface area (Å²) >= 11 is 1.36. The Balaban J connectivity index is 1.40. The normalized spacial score (nSPS) is 17.5. The minimum atomic E-state index is -0.574. The van der Waals surface area contributed by atoms with Crippen LogP contribution >= 0.6 is 11.3 Å². The van der Waals surface area contributed by atoms with Crippen LogP contribution in [0.2, 0.25) is 0 Å². The van der Waals surface area contributed by atoms with Crippen molar-refractivity contribution in [2.75, 3.05) is 23.3 Å². The van der Waals surface area contributed by atoms with Crippen LogP contribution in [0.4, 0.5) is 11.4 Å². The number of anilines is 2. The molecule has 196 valence electrons. The molecule has 4 aromatic rings. The van der Waals surface area contributed by atoms with Crippen LogP contribution < -0.4 is 25.1 Å². The number of amides is 1. The van der Waals surface area contributed by atoms with E-state index in [1.165, 1.54) is 36.3 Å². The fraction of sp³-hybridized carbons (Fsp3) is 0.219. The average Bonchev–Trinajstić information content (AvgIpc) is 3.28. The van der Waals surface area contributed by atoms with Crippen LogP contribution in [0.3, 0.4) is 0 Å². The summed E-state index contributed by atoms with van der Waals surface area (Å²) in [6.45, 7) is 4.03. The summed E-state index contributed by atoms with van der Waals surface area (Å²) in [5.74, 6) is -0.265. The first kappa shape index (κ1) is 25.1. The molecule has 3 aromatic carbocycles. The highest BCUT2D eigenvalue weighted by atomic mass is 32.1. The Labute approximate surface area is 231 Å². The first-order chi connectivity index (χ1) is 19.1. The molecule has 0 bridgehead atoms. The third-order valence-electron chi connectivity index (χ3n) is 7.33. The molecule has 0 unspecified atom stereocenters. The number of carbonyl (C=O) groups excluding carboxylic acids is 1. The van der Waals surface area contributed by atoms with Crippen molar-refractivity contribution in [1.29, 1.82) is 0 Å². The molecular formula is C32H30N4O2S. The lowest BCUT2D eigenvalue weighted by molar-refractivity contribution is -0.113. The smallest absolute Gasteiger partial charge is 0.271 e. The molecule has 0 radical (unpaired) electrons. The Morgan fingerprint density at radius 3 is 2.28 bits per heavy atom. The van der Waals surface area contributed by atoms with Crippen molar-refractivity contribution in [2.45, 2.75) is 32.2 Å². The van der Waals surface area contributed by atoms with Crippen LogP contribution in [0.5, 0.6) is 0 Å². The van der Waals surface area contributed by atoms with Gasteiger partial charge in [0, 0.05) is 24.5 Å². The van der Waals surface area contributed by atoms with Crippen molar-refractivity contribution in [3.63, 3.8) is 0 Å². The number of nitrogens with zero attached hydrogens (tertiary/aromatic N) is 3. The second-order valence-electron chi connectivity index (χ2n) is 9.95. The Kier molecular flexibility index (Phi) is 6.99. The number of rotatable bonds is 5. The van der Waals surface area contributed by atoms with Gasteiger partial charge in [-0.25, -0.2) is 4.99 Å². The van der Waals surface area contributed by atoms with Gasteiger partial charge in [0.25, 0.3) is 11.5 Å². The number of hydrogen-bond acceptors (Lipinski definition) is 5. The van der Waals surface area contributed by atoms with E-state index in [-0.39, 0.29) is 11.5 Å². The standard InChI is InChI=1S/C32H30N4O2S/c1-22-28(30(37)34-25-13-7-3-8-14-25)29(24-11-5-2-6-12-24)36-31(38)27(39-32(36)33-22)21-23-15-17-26(18-16-23)35-19-9-4-10-20-35/h2-3,5-8,11-18,21,29H,4,9-10,19-20H2,1H3,(H,34,37)/b27-21+/t29-/m0/s1. The Morgan fingerprint density at radius 2 is 1.59 bits per heavy atom. The zero-order valence-corrected chi connectivity index (χ0v) is 22.7. The zero-order chi connectivity index (χ0) is 26.8. The topological polar surface area (TPSA) is 66.7 Å². The third kappa shape index (κ3) is 5.10. The molecule has 2 aliphatic heterocycles. The van der Waals surface area contributed by atoms with E-state index in [1.54, 1.807) is 4.57 Å². The summed E-state index contributed by atoms with van der Waals surface area (Å²) in [6, 6.07) is 26.9. The predicted octanol–water partition coefficient (Wildman–Crippen LogP) is 4.86. The van der Waals surface area contributed by atoms with E-state index >= 15 is 0 Å². The van der Waals surface area contributed by atoms with Crippen LogP contribution in [0.25, 0.3) is 6.08 Å². The van der Waals surface area contributed by atoms with Crippen molar-refractivity contribution >= 4 is 34.7 Å². The number of aromatic nitrogens is 1. The summed E-state index contributed by atoms with van der Waals surface area (Å²) in [4.78, 5) is 35.2. The van der Waals surface area contributed by atoms with E-state index in [1.807, 2.05) is 73.7 Å². The second-order valence-corrected chi connectivity index (χ2v) is 11.0. The van der Waals surface area contributed by atoms with E-state index in [2.05, 4.69) is 34.5 Å². The lowest BCUT2D eigenvalue weighted by atomic mass is 9.95. The van der Waals surface area contributed by atoms with Gasteiger partial charge in [-0.2, -0.15) is 0 Å². The van der Waals surface area contributed by atoms with Gasteiger partial charge in [0.15, 0.2) is 4.80 Å². The number of hydrogen-bond donors (Lipinski definition) is 1. The highest BCUT2D eigenvalue weighted by Gasteiger charge is 2.32. The Hall–Kier alpha value is -4.23. The van der Waals surface area contributed by atoms with Crippen molar-refractivity contribution in [3.8, 4) is 0 Å². The zero-order valence-electron chi connectivity index (χ0n) is 21.8. The largest absolute Gasteiger partial charge is 0.372 e. The molecule has 2 aliphatic rings. The molecule has 1 saturated heterocycles. The van der Waals surface area contributed by atoms with E-state index in [4.69, 9.17) is 4.99 Å². The summed E-state index contributed by atoms with van der Waals surface area (Å²) in [6.07, 6.45) is 5.69. The maximum Gasteiger partial charge on any atom is 0.271 e. The number of nitrogens with one attached hydrogen (secondary N) is 1. The van der Waals surface area contributed by atoms with Gasteiger partial charge in [0.1, 0.15) is 0 Å². The number of allylic oxidation sites excluding steroid dienone is 1. The van der Waals surface area contributed by atoms with Crippen LogP contribution in [0, 0.1) is 0 Å². The van der Waals surface area contributed by atoms with Gasteiger partial charge in [-0.1, -0.05) is 72.0 Å². The molecule has 1 amide bonds. The number of carbonyl (C=O) groups is 1. The van der Waals surface area contributed by atoms with E-state index in [9.17, 15) is 9.59 Å². The first-order valence-electron chi connectivity index (χ1n) is 13.4. The van der Waals surface area contributed by atoms with Gasteiger partial charge in [-0.3, -0.25) is 14.2 Å². The van der Waals surface area contributed by atoms with Crippen LogP contribution in [-0.2, 0) is 4.79 Å². The summed E-state index contributed by atoms with van der Waals surface area (Å²) in [5.41, 5.74) is 4.68. The number of piperidine rings is 1. The van der Waals surface area contributed by atoms with E-state index in [0.717, 1.165) is 24.2 Å². The summed E-state index contributed by atoms with van der Waals surface area (Å²) in [7, 11) is 0. The number of benzene rings is 3. The minimum absolute atomic E-state index is 0.148. The Morgan fingerprint density at radius 1 is 0.923 bits per heavy atom. The molecule has 0 spiro atoms. The fourth-order valence-electron chi connectivity index (χ4n) is 5.37. The Bertz CT molecular complexity index is 1700. The van der Waals surface area contributed by atoms with Gasteiger partial charge < -0.3 is 10.2 Å². The molecule has 1 atom stereocenters. The molecule has 6 rings (SSSR count). The third-order valence-corrected chi connectivity index (χ3v) is 8.31. The average molecular weight is 535 g/mol.